The van der Waals surface area contributed by atoms with Crippen molar-refractivity contribution >= 4 is 44.8 Å². The Kier molecular flexibility index (Phi) is 4.37. The summed E-state index contributed by atoms with van der Waals surface area (Å²) in [6, 6.07) is 7.34. The summed E-state index contributed by atoms with van der Waals surface area (Å²) in [5.41, 5.74) is 0.428. The smallest absolute Gasteiger partial charge is 0.257 e. The van der Waals surface area contributed by atoms with Crippen LogP contribution in [0, 0.1) is 0 Å². The van der Waals surface area contributed by atoms with Crippen molar-refractivity contribution in [1.82, 2.24) is 9.88 Å². The van der Waals surface area contributed by atoms with E-state index in [-0.39, 0.29) is 11.1 Å². The van der Waals surface area contributed by atoms with Gasteiger partial charge in [0.15, 0.2) is 0 Å². The van der Waals surface area contributed by atoms with E-state index in [4.69, 9.17) is 11.6 Å². The van der Waals surface area contributed by atoms with Crippen LogP contribution in [-0.4, -0.2) is 22.8 Å². The summed E-state index contributed by atoms with van der Waals surface area (Å²) in [6.45, 7) is 0.556. The maximum absolute atomic E-state index is 12.2. The number of carbonyl (C=O) groups excluding carboxylic acids is 1. The monoisotopic (exact) mass is 344 g/mol. The second-order valence-electron chi connectivity index (χ2n) is 3.71. The molecule has 94 valence electrons. The highest BCUT2D eigenvalue weighted by atomic mass is 79.9. The van der Waals surface area contributed by atoms with Gasteiger partial charge in [0.25, 0.3) is 5.91 Å². The van der Waals surface area contributed by atoms with Crippen molar-refractivity contribution in [3.63, 3.8) is 0 Å². The van der Waals surface area contributed by atoms with Crippen LogP contribution in [0.25, 0.3) is 0 Å². The van der Waals surface area contributed by atoms with Crippen molar-refractivity contribution in [2.45, 2.75) is 6.54 Å². The number of halogens is 2. The summed E-state index contributed by atoms with van der Waals surface area (Å²) in [5, 5.41) is 0.238. The first-order chi connectivity index (χ1) is 8.58. The van der Waals surface area contributed by atoms with Gasteiger partial charge < -0.3 is 4.90 Å². The second kappa shape index (κ2) is 5.82. The van der Waals surface area contributed by atoms with Crippen molar-refractivity contribution in [3.8, 4) is 0 Å². The lowest BCUT2D eigenvalue weighted by molar-refractivity contribution is 0.0786. The van der Waals surface area contributed by atoms with Gasteiger partial charge >= 0.3 is 0 Å². The highest BCUT2D eigenvalue weighted by molar-refractivity contribution is 9.11. The zero-order valence-corrected chi connectivity index (χ0v) is 12.7. The summed E-state index contributed by atoms with van der Waals surface area (Å²) >= 11 is 10.9. The fourth-order valence-corrected chi connectivity index (χ4v) is 3.23. The largest absolute Gasteiger partial charge is 0.336 e. The van der Waals surface area contributed by atoms with Gasteiger partial charge in [0.2, 0.25) is 0 Å². The van der Waals surface area contributed by atoms with Crippen molar-refractivity contribution < 1.29 is 4.79 Å². The zero-order chi connectivity index (χ0) is 13.1. The Balaban J connectivity index is 2.12. The molecule has 0 bridgehead atoms. The molecule has 0 aliphatic rings. The van der Waals surface area contributed by atoms with Crippen molar-refractivity contribution in [3.05, 3.63) is 49.8 Å². The van der Waals surface area contributed by atoms with E-state index >= 15 is 0 Å². The SMILES string of the molecule is CN(Cc1ccc(Br)s1)C(=O)c1cccnc1Cl. The molecule has 2 aromatic rings. The molecule has 0 unspecified atom stereocenters. The van der Waals surface area contributed by atoms with E-state index in [9.17, 15) is 4.79 Å². The molecule has 0 saturated heterocycles. The van der Waals surface area contributed by atoms with Crippen LogP contribution in [-0.2, 0) is 6.54 Å². The van der Waals surface area contributed by atoms with Gasteiger partial charge in [-0.15, -0.1) is 11.3 Å². The number of hydrogen-bond acceptors (Lipinski definition) is 3. The van der Waals surface area contributed by atoms with Gasteiger partial charge in [-0.1, -0.05) is 11.6 Å². The van der Waals surface area contributed by atoms with E-state index in [1.54, 1.807) is 41.6 Å². The molecular formula is C12H10BrClN2OS. The molecule has 6 heteroatoms. The fraction of sp³-hybridized carbons (Fsp3) is 0.167. The van der Waals surface area contributed by atoms with Gasteiger partial charge in [-0.2, -0.15) is 0 Å². The summed E-state index contributed by atoms with van der Waals surface area (Å²) < 4.78 is 1.05. The van der Waals surface area contributed by atoms with E-state index in [0.29, 0.717) is 12.1 Å². The van der Waals surface area contributed by atoms with Crippen LogP contribution in [0.15, 0.2) is 34.2 Å². The molecule has 0 fully saturated rings. The molecule has 0 saturated carbocycles. The van der Waals surface area contributed by atoms with Crippen LogP contribution in [0.3, 0.4) is 0 Å². The number of hydrogen-bond donors (Lipinski definition) is 0. The normalized spacial score (nSPS) is 10.4. The van der Waals surface area contributed by atoms with Gasteiger partial charge in [-0.05, 0) is 40.2 Å². The Morgan fingerprint density at radius 2 is 2.28 bits per heavy atom. The molecule has 0 atom stereocenters. The number of carbonyl (C=O) groups is 1. The minimum absolute atomic E-state index is 0.127. The molecule has 0 aliphatic heterocycles. The maximum atomic E-state index is 12.2. The molecule has 0 N–H and O–H groups in total. The first-order valence-corrected chi connectivity index (χ1v) is 7.17. The average molecular weight is 346 g/mol. The van der Waals surface area contributed by atoms with E-state index in [1.807, 2.05) is 12.1 Å². The molecule has 18 heavy (non-hydrogen) atoms. The number of nitrogens with zero attached hydrogens (tertiary/aromatic N) is 2. The second-order valence-corrected chi connectivity index (χ2v) is 6.61. The van der Waals surface area contributed by atoms with Crippen molar-refractivity contribution in [1.29, 1.82) is 0 Å². The number of thiophene rings is 1. The highest BCUT2D eigenvalue weighted by Gasteiger charge is 2.16. The quantitative estimate of drug-likeness (QED) is 0.792. The lowest BCUT2D eigenvalue weighted by Gasteiger charge is -2.16. The van der Waals surface area contributed by atoms with Crippen LogP contribution in [0.4, 0.5) is 0 Å². The van der Waals surface area contributed by atoms with Gasteiger partial charge in [0.05, 0.1) is 15.9 Å². The third kappa shape index (κ3) is 3.10. The fourth-order valence-electron chi connectivity index (χ4n) is 1.49. The van der Waals surface area contributed by atoms with Gasteiger partial charge in [0, 0.05) is 18.1 Å². The molecule has 2 aromatic heterocycles. The first kappa shape index (κ1) is 13.5. The van der Waals surface area contributed by atoms with Crippen LogP contribution in [0.2, 0.25) is 5.15 Å². The molecule has 0 radical (unpaired) electrons. The van der Waals surface area contributed by atoms with Crippen LogP contribution in [0.5, 0.6) is 0 Å². The third-order valence-electron chi connectivity index (χ3n) is 2.36. The predicted octanol–water partition coefficient (Wildman–Crippen LogP) is 3.83. The molecule has 0 aromatic carbocycles. The average Bonchev–Trinajstić information content (AvgIpc) is 2.74. The summed E-state index contributed by atoms with van der Waals surface area (Å²) in [6.07, 6.45) is 1.56. The lowest BCUT2D eigenvalue weighted by Crippen LogP contribution is -2.26. The Labute approximate surface area is 123 Å². The van der Waals surface area contributed by atoms with Crippen molar-refractivity contribution in [2.75, 3.05) is 7.05 Å². The van der Waals surface area contributed by atoms with E-state index in [0.717, 1.165) is 8.66 Å². The summed E-state index contributed by atoms with van der Waals surface area (Å²) in [7, 11) is 1.75. The highest BCUT2D eigenvalue weighted by Crippen LogP contribution is 2.23. The van der Waals surface area contributed by atoms with Gasteiger partial charge in [-0.25, -0.2) is 4.98 Å². The molecule has 0 spiro atoms. The minimum Gasteiger partial charge on any atom is -0.336 e. The Hall–Kier alpha value is -0.910. The number of pyridine rings is 1. The predicted molar refractivity (Wildman–Crippen MR) is 77.1 cm³/mol. The minimum atomic E-state index is -0.127. The number of amides is 1. The van der Waals surface area contributed by atoms with E-state index < -0.39 is 0 Å². The van der Waals surface area contributed by atoms with E-state index in [1.165, 1.54) is 0 Å². The number of aromatic nitrogens is 1. The Morgan fingerprint density at radius 1 is 1.50 bits per heavy atom. The summed E-state index contributed by atoms with van der Waals surface area (Å²) in [5.74, 6) is -0.127. The van der Waals surface area contributed by atoms with Crippen LogP contribution in [0.1, 0.15) is 15.2 Å². The number of rotatable bonds is 3. The first-order valence-electron chi connectivity index (χ1n) is 5.18. The lowest BCUT2D eigenvalue weighted by atomic mass is 10.2. The molecule has 3 nitrogen and oxygen atoms in total. The molecular weight excluding hydrogens is 336 g/mol. The van der Waals surface area contributed by atoms with Gasteiger partial charge in [0.1, 0.15) is 5.15 Å². The molecule has 1 amide bonds. The van der Waals surface area contributed by atoms with Crippen LogP contribution < -0.4 is 0 Å². The standard InChI is InChI=1S/C12H10BrClN2OS/c1-16(7-8-4-5-10(13)18-8)12(17)9-3-2-6-15-11(9)14/h2-6H,7H2,1H3. The molecule has 0 aliphatic carbocycles. The zero-order valence-electron chi connectivity index (χ0n) is 9.56. The summed E-state index contributed by atoms with van der Waals surface area (Å²) in [4.78, 5) is 18.8. The molecule has 2 heterocycles. The Morgan fingerprint density at radius 3 is 2.89 bits per heavy atom. The van der Waals surface area contributed by atoms with E-state index in [2.05, 4.69) is 20.9 Å². The third-order valence-corrected chi connectivity index (χ3v) is 4.27. The maximum Gasteiger partial charge on any atom is 0.257 e. The van der Waals surface area contributed by atoms with Gasteiger partial charge in [-0.3, -0.25) is 4.79 Å². The molecule has 2 rings (SSSR count). The van der Waals surface area contributed by atoms with Crippen LogP contribution >= 0.6 is 38.9 Å². The van der Waals surface area contributed by atoms with Crippen molar-refractivity contribution in [2.24, 2.45) is 0 Å². The topological polar surface area (TPSA) is 33.2 Å². The Bertz CT molecular complexity index is 573.